The number of rotatable bonds is 5. The number of nitrogens with zero attached hydrogens (tertiary/aromatic N) is 1. The Morgan fingerprint density at radius 2 is 1.09 bits per heavy atom. The first-order chi connectivity index (χ1) is 15.8. The summed E-state index contributed by atoms with van der Waals surface area (Å²) in [5, 5.41) is 0. The third-order valence-electron chi connectivity index (χ3n) is 5.54. The first-order valence-electron chi connectivity index (χ1n) is 10.6. The summed E-state index contributed by atoms with van der Waals surface area (Å²) in [5.41, 5.74) is 7.81. The normalized spacial score (nSPS) is 10.6. The van der Waals surface area contributed by atoms with Crippen LogP contribution in [0.1, 0.15) is 15.9 Å². The van der Waals surface area contributed by atoms with Crippen molar-refractivity contribution >= 4 is 5.78 Å². The Kier molecular flexibility index (Phi) is 5.42. The van der Waals surface area contributed by atoms with Crippen molar-refractivity contribution in [3.63, 3.8) is 0 Å². The molecule has 0 atom stereocenters. The molecule has 1 heterocycles. The van der Waals surface area contributed by atoms with Crippen molar-refractivity contribution in [1.82, 2.24) is 4.98 Å². The van der Waals surface area contributed by atoms with Gasteiger partial charge >= 0.3 is 0 Å². The SMILES string of the molecule is O=C(c1ccccc1)c1ccc(-c2cccc(-c3ccccc3-c3ccccc3)c2)nc1. The number of hydrogen-bond donors (Lipinski definition) is 0. The third-order valence-corrected chi connectivity index (χ3v) is 5.54. The Hall–Kier alpha value is -4.30. The van der Waals surface area contributed by atoms with Crippen LogP contribution in [0.4, 0.5) is 0 Å². The van der Waals surface area contributed by atoms with E-state index in [0.717, 1.165) is 16.8 Å². The molecule has 0 N–H and O–H groups in total. The molecular formula is C30H21NO. The Labute approximate surface area is 187 Å². The number of pyridine rings is 1. The highest BCUT2D eigenvalue weighted by atomic mass is 16.1. The Morgan fingerprint density at radius 1 is 0.500 bits per heavy atom. The van der Waals surface area contributed by atoms with Crippen LogP contribution in [0.15, 0.2) is 128 Å². The summed E-state index contributed by atoms with van der Waals surface area (Å²) in [7, 11) is 0. The Morgan fingerprint density at radius 3 is 1.78 bits per heavy atom. The summed E-state index contributed by atoms with van der Waals surface area (Å²) in [4.78, 5) is 17.3. The Balaban J connectivity index is 1.48. The van der Waals surface area contributed by atoms with E-state index in [1.807, 2.05) is 48.5 Å². The summed E-state index contributed by atoms with van der Waals surface area (Å²) in [6.07, 6.45) is 1.66. The summed E-state index contributed by atoms with van der Waals surface area (Å²) in [6, 6.07) is 40.3. The zero-order chi connectivity index (χ0) is 21.8. The fourth-order valence-corrected chi connectivity index (χ4v) is 3.91. The first-order valence-corrected chi connectivity index (χ1v) is 10.6. The van der Waals surface area contributed by atoms with E-state index in [2.05, 4.69) is 77.8 Å². The van der Waals surface area contributed by atoms with Gasteiger partial charge in [-0.2, -0.15) is 0 Å². The summed E-state index contributed by atoms with van der Waals surface area (Å²) >= 11 is 0. The van der Waals surface area contributed by atoms with Crippen LogP contribution in [0, 0.1) is 0 Å². The number of ketones is 1. The standard InChI is InChI=1S/C30H21NO/c32-30(23-12-5-2-6-13-23)26-18-19-29(31-21-26)25-15-9-14-24(20-25)28-17-8-7-16-27(28)22-10-3-1-4-11-22/h1-21H. The molecule has 2 heteroatoms. The molecule has 4 aromatic carbocycles. The van der Waals surface area contributed by atoms with Gasteiger partial charge in [-0.1, -0.05) is 103 Å². The van der Waals surface area contributed by atoms with Gasteiger partial charge < -0.3 is 0 Å². The van der Waals surface area contributed by atoms with Crippen molar-refractivity contribution in [2.45, 2.75) is 0 Å². The molecule has 5 aromatic rings. The molecule has 5 rings (SSSR count). The lowest BCUT2D eigenvalue weighted by Crippen LogP contribution is -2.01. The topological polar surface area (TPSA) is 30.0 Å². The number of aromatic nitrogens is 1. The smallest absolute Gasteiger partial charge is 0.194 e. The van der Waals surface area contributed by atoms with Gasteiger partial charge in [0.1, 0.15) is 0 Å². The molecule has 0 spiro atoms. The fraction of sp³-hybridized carbons (Fsp3) is 0. The molecule has 0 radical (unpaired) electrons. The van der Waals surface area contributed by atoms with Crippen molar-refractivity contribution in [3.05, 3.63) is 139 Å². The molecule has 0 fully saturated rings. The van der Waals surface area contributed by atoms with E-state index in [1.165, 1.54) is 16.7 Å². The van der Waals surface area contributed by atoms with Crippen molar-refractivity contribution in [3.8, 4) is 33.5 Å². The summed E-state index contributed by atoms with van der Waals surface area (Å²) in [6.45, 7) is 0. The molecule has 0 saturated carbocycles. The molecule has 0 saturated heterocycles. The van der Waals surface area contributed by atoms with Crippen LogP contribution in [0.3, 0.4) is 0 Å². The van der Waals surface area contributed by atoms with Gasteiger partial charge in [0.25, 0.3) is 0 Å². The summed E-state index contributed by atoms with van der Waals surface area (Å²) < 4.78 is 0. The van der Waals surface area contributed by atoms with Gasteiger partial charge in [-0.25, -0.2) is 0 Å². The maximum Gasteiger partial charge on any atom is 0.194 e. The number of carbonyl (C=O) groups excluding carboxylic acids is 1. The van der Waals surface area contributed by atoms with Crippen LogP contribution in [-0.4, -0.2) is 10.8 Å². The van der Waals surface area contributed by atoms with Crippen LogP contribution < -0.4 is 0 Å². The molecular weight excluding hydrogens is 390 g/mol. The van der Waals surface area contributed by atoms with Gasteiger partial charge in [0.2, 0.25) is 0 Å². The first kappa shape index (κ1) is 19.7. The van der Waals surface area contributed by atoms with Crippen molar-refractivity contribution in [1.29, 1.82) is 0 Å². The van der Waals surface area contributed by atoms with E-state index in [0.29, 0.717) is 11.1 Å². The van der Waals surface area contributed by atoms with Crippen molar-refractivity contribution in [2.24, 2.45) is 0 Å². The quantitative estimate of drug-likeness (QED) is 0.284. The predicted molar refractivity (Wildman–Crippen MR) is 130 cm³/mol. The molecule has 32 heavy (non-hydrogen) atoms. The van der Waals surface area contributed by atoms with Crippen LogP contribution in [0.2, 0.25) is 0 Å². The van der Waals surface area contributed by atoms with E-state index in [-0.39, 0.29) is 5.78 Å². The highest BCUT2D eigenvalue weighted by Crippen LogP contribution is 2.33. The van der Waals surface area contributed by atoms with E-state index in [1.54, 1.807) is 6.20 Å². The predicted octanol–water partition coefficient (Wildman–Crippen LogP) is 7.31. The third kappa shape index (κ3) is 3.99. The number of benzene rings is 4. The Bertz CT molecular complexity index is 1360. The molecule has 0 aliphatic heterocycles. The van der Waals surface area contributed by atoms with Crippen LogP contribution in [-0.2, 0) is 0 Å². The largest absolute Gasteiger partial charge is 0.289 e. The molecule has 0 unspecified atom stereocenters. The fourth-order valence-electron chi connectivity index (χ4n) is 3.91. The second-order valence-electron chi connectivity index (χ2n) is 7.62. The van der Waals surface area contributed by atoms with Gasteiger partial charge in [-0.05, 0) is 40.5 Å². The minimum absolute atomic E-state index is 0.0183. The highest BCUT2D eigenvalue weighted by Gasteiger charge is 2.11. The molecule has 1 aromatic heterocycles. The lowest BCUT2D eigenvalue weighted by molar-refractivity contribution is 0.103. The van der Waals surface area contributed by atoms with E-state index >= 15 is 0 Å². The van der Waals surface area contributed by atoms with Gasteiger partial charge in [0.05, 0.1) is 5.69 Å². The summed E-state index contributed by atoms with van der Waals surface area (Å²) in [5.74, 6) is -0.0183. The minimum Gasteiger partial charge on any atom is -0.289 e. The molecule has 152 valence electrons. The zero-order valence-corrected chi connectivity index (χ0v) is 17.5. The van der Waals surface area contributed by atoms with Crippen LogP contribution >= 0.6 is 0 Å². The van der Waals surface area contributed by atoms with Gasteiger partial charge in [0, 0.05) is 22.9 Å². The lowest BCUT2D eigenvalue weighted by Gasteiger charge is -2.11. The van der Waals surface area contributed by atoms with E-state index < -0.39 is 0 Å². The van der Waals surface area contributed by atoms with Crippen LogP contribution in [0.5, 0.6) is 0 Å². The second kappa shape index (κ2) is 8.83. The molecule has 0 bridgehead atoms. The lowest BCUT2D eigenvalue weighted by atomic mass is 9.93. The molecule has 0 aliphatic carbocycles. The average Bonchev–Trinajstić information content (AvgIpc) is 2.89. The monoisotopic (exact) mass is 411 g/mol. The molecule has 2 nitrogen and oxygen atoms in total. The van der Waals surface area contributed by atoms with Gasteiger partial charge in [0.15, 0.2) is 5.78 Å². The van der Waals surface area contributed by atoms with Crippen molar-refractivity contribution in [2.75, 3.05) is 0 Å². The number of carbonyl (C=O) groups is 1. The van der Waals surface area contributed by atoms with Gasteiger partial charge in [-0.15, -0.1) is 0 Å². The zero-order valence-electron chi connectivity index (χ0n) is 17.5. The van der Waals surface area contributed by atoms with Gasteiger partial charge in [-0.3, -0.25) is 9.78 Å². The minimum atomic E-state index is -0.0183. The highest BCUT2D eigenvalue weighted by molar-refractivity contribution is 6.08. The van der Waals surface area contributed by atoms with Crippen LogP contribution in [0.25, 0.3) is 33.5 Å². The average molecular weight is 412 g/mol. The molecule has 0 amide bonds. The molecule has 0 aliphatic rings. The maximum absolute atomic E-state index is 12.7. The maximum atomic E-state index is 12.7. The number of hydrogen-bond acceptors (Lipinski definition) is 2. The van der Waals surface area contributed by atoms with Crippen molar-refractivity contribution < 1.29 is 4.79 Å². The van der Waals surface area contributed by atoms with E-state index in [4.69, 9.17) is 0 Å². The van der Waals surface area contributed by atoms with E-state index in [9.17, 15) is 4.79 Å². The second-order valence-corrected chi connectivity index (χ2v) is 7.62.